The van der Waals surface area contributed by atoms with E-state index in [0.29, 0.717) is 11.7 Å². The molecule has 1 amide bonds. The second kappa shape index (κ2) is 4.97. The van der Waals surface area contributed by atoms with Gasteiger partial charge in [0.2, 0.25) is 5.91 Å². The largest absolute Gasteiger partial charge is 0.325 e. The first-order valence-electron chi connectivity index (χ1n) is 6.02. The molecule has 0 atom stereocenters. The number of rotatable bonds is 4. The van der Waals surface area contributed by atoms with Crippen molar-refractivity contribution in [2.24, 2.45) is 0 Å². The Morgan fingerprint density at radius 3 is 2.74 bits per heavy atom. The lowest BCUT2D eigenvalue weighted by Gasteiger charge is -2.05. The Labute approximate surface area is 114 Å². The van der Waals surface area contributed by atoms with Gasteiger partial charge in [0.05, 0.1) is 6.04 Å². The van der Waals surface area contributed by atoms with Crippen LogP contribution in [0.25, 0.3) is 11.4 Å². The number of hydrogen-bond donors (Lipinski definition) is 1. The van der Waals surface area contributed by atoms with E-state index in [-0.39, 0.29) is 11.8 Å². The standard InChI is InChI=1S/C12H12ClN5O/c13-7-11(19)14-9-3-1-8(2-4-9)12-15-16-17-18(12)10-5-6-10/h1-4,10H,5-7H2,(H,14,19). The average molecular weight is 278 g/mol. The number of tetrazole rings is 1. The van der Waals surface area contributed by atoms with E-state index in [4.69, 9.17) is 11.6 Å². The fourth-order valence-electron chi connectivity index (χ4n) is 1.85. The highest BCUT2D eigenvalue weighted by Gasteiger charge is 2.28. The van der Waals surface area contributed by atoms with Crippen LogP contribution in [0.5, 0.6) is 0 Å². The van der Waals surface area contributed by atoms with E-state index in [1.54, 1.807) is 0 Å². The van der Waals surface area contributed by atoms with Crippen LogP contribution in [-0.2, 0) is 4.79 Å². The molecular weight excluding hydrogens is 266 g/mol. The SMILES string of the molecule is O=C(CCl)Nc1ccc(-c2nnnn2C2CC2)cc1. The molecule has 1 heterocycles. The summed E-state index contributed by atoms with van der Waals surface area (Å²) < 4.78 is 1.85. The number of alkyl halides is 1. The van der Waals surface area contributed by atoms with Crippen LogP contribution in [0.2, 0.25) is 0 Å². The Bertz CT molecular complexity index is 590. The van der Waals surface area contributed by atoms with E-state index in [1.165, 1.54) is 0 Å². The Kier molecular flexibility index (Phi) is 3.16. The normalized spacial score (nSPS) is 14.4. The molecule has 6 nitrogen and oxygen atoms in total. The first-order valence-corrected chi connectivity index (χ1v) is 6.55. The highest BCUT2D eigenvalue weighted by atomic mass is 35.5. The predicted octanol–water partition coefficient (Wildman–Crippen LogP) is 1.85. The molecule has 1 fully saturated rings. The quantitative estimate of drug-likeness (QED) is 0.866. The lowest BCUT2D eigenvalue weighted by atomic mass is 10.2. The molecule has 0 radical (unpaired) electrons. The van der Waals surface area contributed by atoms with Gasteiger partial charge in [-0.05, 0) is 47.5 Å². The summed E-state index contributed by atoms with van der Waals surface area (Å²) in [7, 11) is 0. The molecule has 2 aromatic rings. The van der Waals surface area contributed by atoms with Gasteiger partial charge < -0.3 is 5.32 Å². The third-order valence-corrected chi connectivity index (χ3v) is 3.18. The van der Waals surface area contributed by atoms with Gasteiger partial charge in [-0.25, -0.2) is 4.68 Å². The number of aromatic nitrogens is 4. The number of nitrogens with one attached hydrogen (secondary N) is 1. The van der Waals surface area contributed by atoms with Gasteiger partial charge in [-0.2, -0.15) is 0 Å². The average Bonchev–Trinajstić information content (AvgIpc) is 3.17. The number of anilines is 1. The molecule has 1 aliphatic carbocycles. The van der Waals surface area contributed by atoms with Crippen molar-refractivity contribution < 1.29 is 4.79 Å². The van der Waals surface area contributed by atoms with E-state index in [1.807, 2.05) is 28.9 Å². The maximum atomic E-state index is 11.2. The number of nitrogens with zero attached hydrogens (tertiary/aromatic N) is 4. The van der Waals surface area contributed by atoms with Gasteiger partial charge in [0.25, 0.3) is 0 Å². The van der Waals surface area contributed by atoms with E-state index in [2.05, 4.69) is 20.8 Å². The van der Waals surface area contributed by atoms with Crippen LogP contribution in [0.4, 0.5) is 5.69 Å². The zero-order valence-electron chi connectivity index (χ0n) is 10.1. The Morgan fingerprint density at radius 2 is 2.11 bits per heavy atom. The Balaban J connectivity index is 1.81. The highest BCUT2D eigenvalue weighted by molar-refractivity contribution is 6.29. The number of benzene rings is 1. The zero-order valence-corrected chi connectivity index (χ0v) is 10.8. The number of carbonyl (C=O) groups excluding carboxylic acids is 1. The monoisotopic (exact) mass is 277 g/mol. The molecule has 1 aromatic heterocycles. The molecule has 0 aliphatic heterocycles. The fraction of sp³-hybridized carbons (Fsp3) is 0.333. The maximum Gasteiger partial charge on any atom is 0.239 e. The summed E-state index contributed by atoms with van der Waals surface area (Å²) in [6, 6.07) is 7.82. The van der Waals surface area contributed by atoms with Gasteiger partial charge in [0, 0.05) is 11.3 Å². The molecule has 7 heteroatoms. The van der Waals surface area contributed by atoms with Gasteiger partial charge in [-0.1, -0.05) is 0 Å². The second-order valence-electron chi connectivity index (χ2n) is 4.44. The summed E-state index contributed by atoms with van der Waals surface area (Å²) in [6.07, 6.45) is 2.25. The van der Waals surface area contributed by atoms with Gasteiger partial charge in [-0.3, -0.25) is 4.79 Å². The van der Waals surface area contributed by atoms with Crippen molar-refractivity contribution in [1.82, 2.24) is 20.2 Å². The molecule has 1 N–H and O–H groups in total. The van der Waals surface area contributed by atoms with Crippen LogP contribution in [0.1, 0.15) is 18.9 Å². The molecule has 0 saturated heterocycles. The third-order valence-electron chi connectivity index (χ3n) is 2.93. The smallest absolute Gasteiger partial charge is 0.239 e. The molecule has 1 saturated carbocycles. The number of amides is 1. The molecule has 1 aliphatic rings. The van der Waals surface area contributed by atoms with Crippen molar-refractivity contribution in [3.63, 3.8) is 0 Å². The fourth-order valence-corrected chi connectivity index (χ4v) is 1.91. The van der Waals surface area contributed by atoms with Crippen LogP contribution in [-0.4, -0.2) is 32.0 Å². The van der Waals surface area contributed by atoms with Crippen molar-refractivity contribution in [2.75, 3.05) is 11.2 Å². The van der Waals surface area contributed by atoms with E-state index in [0.717, 1.165) is 24.2 Å². The zero-order chi connectivity index (χ0) is 13.2. The van der Waals surface area contributed by atoms with Crippen molar-refractivity contribution >= 4 is 23.2 Å². The predicted molar refractivity (Wildman–Crippen MR) is 70.9 cm³/mol. The summed E-state index contributed by atoms with van der Waals surface area (Å²) in [4.78, 5) is 11.2. The van der Waals surface area contributed by atoms with E-state index >= 15 is 0 Å². The molecule has 1 aromatic carbocycles. The molecule has 0 unspecified atom stereocenters. The number of hydrogen-bond acceptors (Lipinski definition) is 4. The van der Waals surface area contributed by atoms with Crippen molar-refractivity contribution in [3.8, 4) is 11.4 Å². The summed E-state index contributed by atoms with van der Waals surface area (Å²) in [6.45, 7) is 0. The van der Waals surface area contributed by atoms with Gasteiger partial charge >= 0.3 is 0 Å². The van der Waals surface area contributed by atoms with E-state index in [9.17, 15) is 4.79 Å². The lowest BCUT2D eigenvalue weighted by Crippen LogP contribution is -2.12. The van der Waals surface area contributed by atoms with Crippen LogP contribution >= 0.6 is 11.6 Å². The summed E-state index contributed by atoms with van der Waals surface area (Å²) in [5.74, 6) is 0.483. The summed E-state index contributed by atoms with van der Waals surface area (Å²) in [5.41, 5.74) is 1.64. The second-order valence-corrected chi connectivity index (χ2v) is 4.70. The molecule has 3 rings (SSSR count). The minimum atomic E-state index is -0.225. The first kappa shape index (κ1) is 12.1. The highest BCUT2D eigenvalue weighted by Crippen LogP contribution is 2.36. The van der Waals surface area contributed by atoms with Crippen molar-refractivity contribution in [3.05, 3.63) is 24.3 Å². The summed E-state index contributed by atoms with van der Waals surface area (Å²) in [5, 5.41) is 14.5. The Hall–Kier alpha value is -1.95. The Morgan fingerprint density at radius 1 is 1.37 bits per heavy atom. The molecule has 0 spiro atoms. The van der Waals surface area contributed by atoms with Crippen molar-refractivity contribution in [2.45, 2.75) is 18.9 Å². The van der Waals surface area contributed by atoms with E-state index < -0.39 is 0 Å². The maximum absolute atomic E-state index is 11.2. The molecular formula is C12H12ClN5O. The van der Waals surface area contributed by atoms with Crippen LogP contribution in [0, 0.1) is 0 Å². The summed E-state index contributed by atoms with van der Waals surface area (Å²) >= 11 is 5.44. The van der Waals surface area contributed by atoms with Crippen LogP contribution < -0.4 is 5.32 Å². The third kappa shape index (κ3) is 2.58. The van der Waals surface area contributed by atoms with Crippen molar-refractivity contribution in [1.29, 1.82) is 0 Å². The lowest BCUT2D eigenvalue weighted by molar-refractivity contribution is -0.113. The molecule has 0 bridgehead atoms. The van der Waals surface area contributed by atoms with Crippen LogP contribution in [0.15, 0.2) is 24.3 Å². The van der Waals surface area contributed by atoms with Gasteiger partial charge in [0.15, 0.2) is 5.82 Å². The topological polar surface area (TPSA) is 72.7 Å². The molecule has 19 heavy (non-hydrogen) atoms. The number of halogens is 1. The van der Waals surface area contributed by atoms with Gasteiger partial charge in [0.1, 0.15) is 5.88 Å². The molecule has 98 valence electrons. The van der Waals surface area contributed by atoms with Gasteiger partial charge in [-0.15, -0.1) is 16.7 Å². The van der Waals surface area contributed by atoms with Crippen LogP contribution in [0.3, 0.4) is 0 Å². The number of carbonyl (C=O) groups is 1. The minimum absolute atomic E-state index is 0.0539. The first-order chi connectivity index (χ1) is 9.28. The minimum Gasteiger partial charge on any atom is -0.325 e.